The van der Waals surface area contributed by atoms with Gasteiger partial charge in [0.05, 0.1) is 26.4 Å². The number of carbonyl (C=O) groups excluding carboxylic acids is 2. The van der Waals surface area contributed by atoms with Gasteiger partial charge in [0.15, 0.2) is 0 Å². The van der Waals surface area contributed by atoms with Crippen LogP contribution in [0.1, 0.15) is 34.6 Å². The molecule has 0 bridgehead atoms. The van der Waals surface area contributed by atoms with Crippen molar-refractivity contribution < 1.29 is 33.3 Å². The van der Waals surface area contributed by atoms with Crippen LogP contribution in [0.4, 0.5) is 0 Å². The predicted octanol–water partition coefficient (Wildman–Crippen LogP) is 2.94. The van der Waals surface area contributed by atoms with Crippen LogP contribution in [0.15, 0.2) is 24.3 Å². The van der Waals surface area contributed by atoms with Crippen LogP contribution in [0, 0.1) is 0 Å². The van der Waals surface area contributed by atoms with Gasteiger partial charge in [-0.05, 0) is 20.8 Å². The molecule has 0 aliphatic heterocycles. The van der Waals surface area contributed by atoms with Crippen LogP contribution in [0.3, 0.4) is 0 Å². The van der Waals surface area contributed by atoms with Gasteiger partial charge >= 0.3 is 11.9 Å². The minimum atomic E-state index is -0.427. The summed E-state index contributed by atoms with van der Waals surface area (Å²) in [6, 6.07) is 0. The second-order valence-corrected chi connectivity index (χ2v) is 4.63. The van der Waals surface area contributed by atoms with E-state index in [0.29, 0.717) is 37.6 Å². The Morgan fingerprint density at radius 2 is 1.00 bits per heavy atom. The Hall–Kier alpha value is -1.70. The summed E-state index contributed by atoms with van der Waals surface area (Å²) >= 11 is 0. The third-order valence-electron chi connectivity index (χ3n) is 2.28. The molecule has 26 heavy (non-hydrogen) atoms. The van der Waals surface area contributed by atoms with Crippen LogP contribution in [-0.2, 0) is 33.3 Å². The molecule has 0 aliphatic carbocycles. The number of ether oxygens (including phenoxy) is 5. The third-order valence-corrected chi connectivity index (χ3v) is 2.28. The fraction of sp³-hybridized carbons (Fsp3) is 0.684. The van der Waals surface area contributed by atoms with Gasteiger partial charge in [-0.15, -0.1) is 0 Å². The number of hydrogen-bond acceptors (Lipinski definition) is 7. The van der Waals surface area contributed by atoms with Gasteiger partial charge in [-0.2, -0.15) is 0 Å². The molecule has 0 aromatic carbocycles. The summed E-state index contributed by atoms with van der Waals surface area (Å²) in [7, 11) is 1.68. The largest absolute Gasteiger partial charge is 0.460 e. The van der Waals surface area contributed by atoms with Crippen molar-refractivity contribution in [1.82, 2.24) is 0 Å². The summed E-state index contributed by atoms with van der Waals surface area (Å²) in [6.07, 6.45) is 0. The zero-order valence-corrected chi connectivity index (χ0v) is 17.2. The monoisotopic (exact) mass is 376 g/mol. The lowest BCUT2D eigenvalue weighted by molar-refractivity contribution is -0.142. The predicted molar refractivity (Wildman–Crippen MR) is 102 cm³/mol. The average molecular weight is 376 g/mol. The molecule has 0 saturated heterocycles. The van der Waals surface area contributed by atoms with Crippen LogP contribution in [0.5, 0.6) is 0 Å². The molecule has 0 fully saturated rings. The van der Waals surface area contributed by atoms with Gasteiger partial charge in [-0.3, -0.25) is 0 Å². The number of rotatable bonds is 12. The van der Waals surface area contributed by atoms with E-state index in [-0.39, 0.29) is 13.2 Å². The highest BCUT2D eigenvalue weighted by atomic mass is 16.6. The number of carbonyl (C=O) groups is 2. The first-order valence-electron chi connectivity index (χ1n) is 8.66. The summed E-state index contributed by atoms with van der Waals surface area (Å²) in [5, 5.41) is 0. The molecular weight excluding hydrogens is 340 g/mol. The summed E-state index contributed by atoms with van der Waals surface area (Å²) < 4.78 is 24.5. The second kappa shape index (κ2) is 23.3. The van der Waals surface area contributed by atoms with E-state index in [1.54, 1.807) is 21.0 Å². The average Bonchev–Trinajstić information content (AvgIpc) is 2.64. The molecule has 0 aromatic heterocycles. The van der Waals surface area contributed by atoms with E-state index in [1.165, 1.54) is 0 Å². The lowest BCUT2D eigenvalue weighted by Crippen LogP contribution is -2.15. The first-order chi connectivity index (χ1) is 12.4. The van der Waals surface area contributed by atoms with E-state index in [2.05, 4.69) is 17.9 Å². The maximum atomic E-state index is 11.0. The van der Waals surface area contributed by atoms with Crippen LogP contribution < -0.4 is 0 Å². The molecule has 0 heterocycles. The molecule has 0 radical (unpaired) electrons. The van der Waals surface area contributed by atoms with Gasteiger partial charge in [0.2, 0.25) is 0 Å². The van der Waals surface area contributed by atoms with Gasteiger partial charge in [0, 0.05) is 24.9 Å². The van der Waals surface area contributed by atoms with Crippen LogP contribution in [0.2, 0.25) is 0 Å². The molecule has 7 heteroatoms. The molecule has 0 aliphatic rings. The van der Waals surface area contributed by atoms with E-state index in [9.17, 15) is 9.59 Å². The molecule has 7 nitrogen and oxygen atoms in total. The highest BCUT2D eigenvalue weighted by Gasteiger charge is 2.03. The Labute approximate surface area is 158 Å². The van der Waals surface area contributed by atoms with Gasteiger partial charge in [-0.1, -0.05) is 27.0 Å². The molecule has 0 N–H and O–H groups in total. The molecule has 0 rings (SSSR count). The minimum absolute atomic E-state index is 0.182. The number of methoxy groups -OCH3 is 1. The standard InChI is InChI=1S/C14H22O6.C3H8O.C2H6/c1-11(2)13(15)19-9-7-17-5-6-18-8-10-20-14(16)12(3)4;1-3-4-2;1-2/h1,3,5-10H2,2,4H3;3H2,1-2H3;1-2H3. The fourth-order valence-electron chi connectivity index (χ4n) is 0.955. The van der Waals surface area contributed by atoms with Crippen LogP contribution in [0.25, 0.3) is 0 Å². The minimum Gasteiger partial charge on any atom is -0.460 e. The molecule has 0 saturated carbocycles. The van der Waals surface area contributed by atoms with Crippen molar-refractivity contribution in [2.45, 2.75) is 34.6 Å². The summed E-state index contributed by atoms with van der Waals surface area (Å²) in [6.45, 7) is 18.6. The van der Waals surface area contributed by atoms with E-state index < -0.39 is 11.9 Å². The van der Waals surface area contributed by atoms with Crippen molar-refractivity contribution >= 4 is 11.9 Å². The summed E-state index contributed by atoms with van der Waals surface area (Å²) in [5.74, 6) is -0.853. The molecule has 0 amide bonds. The van der Waals surface area contributed by atoms with Gasteiger partial charge < -0.3 is 23.7 Å². The number of hydrogen-bond donors (Lipinski definition) is 0. The molecular formula is C19H36O7. The molecule has 0 aromatic rings. The Balaban J connectivity index is -0.000000769. The Morgan fingerprint density at radius 3 is 1.23 bits per heavy atom. The smallest absolute Gasteiger partial charge is 0.333 e. The van der Waals surface area contributed by atoms with E-state index in [4.69, 9.17) is 18.9 Å². The Bertz CT molecular complexity index is 342. The van der Waals surface area contributed by atoms with Gasteiger partial charge in [0.1, 0.15) is 13.2 Å². The first kappa shape index (κ1) is 29.1. The SMILES string of the molecule is C=C(C)C(=O)OCCOCCOCCOC(=O)C(=C)C.CC.CCOC. The molecule has 0 unspecified atom stereocenters. The second-order valence-electron chi connectivity index (χ2n) is 4.63. The quantitative estimate of drug-likeness (QED) is 0.294. The molecule has 0 spiro atoms. The highest BCUT2D eigenvalue weighted by molar-refractivity contribution is 5.87. The van der Waals surface area contributed by atoms with Crippen molar-refractivity contribution in [3.8, 4) is 0 Å². The normalized spacial score (nSPS) is 9.00. The molecule has 154 valence electrons. The van der Waals surface area contributed by atoms with E-state index in [0.717, 1.165) is 6.61 Å². The maximum absolute atomic E-state index is 11.0. The van der Waals surface area contributed by atoms with Gasteiger partial charge in [-0.25, -0.2) is 9.59 Å². The van der Waals surface area contributed by atoms with Crippen LogP contribution in [-0.4, -0.2) is 65.3 Å². The van der Waals surface area contributed by atoms with Crippen LogP contribution >= 0.6 is 0 Å². The lowest BCUT2D eigenvalue weighted by Gasteiger charge is -2.07. The third kappa shape index (κ3) is 24.6. The van der Waals surface area contributed by atoms with Crippen molar-refractivity contribution in [2.24, 2.45) is 0 Å². The highest BCUT2D eigenvalue weighted by Crippen LogP contribution is 1.92. The number of esters is 2. The van der Waals surface area contributed by atoms with E-state index in [1.807, 2.05) is 20.8 Å². The van der Waals surface area contributed by atoms with Crippen molar-refractivity contribution in [3.63, 3.8) is 0 Å². The summed E-state index contributed by atoms with van der Waals surface area (Å²) in [4.78, 5) is 22.0. The fourth-order valence-corrected chi connectivity index (χ4v) is 0.955. The Kier molecular flexibility index (Phi) is 26.1. The maximum Gasteiger partial charge on any atom is 0.333 e. The van der Waals surface area contributed by atoms with Crippen molar-refractivity contribution in [3.05, 3.63) is 24.3 Å². The van der Waals surface area contributed by atoms with Crippen molar-refractivity contribution in [1.29, 1.82) is 0 Å². The van der Waals surface area contributed by atoms with Gasteiger partial charge in [0.25, 0.3) is 0 Å². The molecule has 0 atom stereocenters. The van der Waals surface area contributed by atoms with E-state index >= 15 is 0 Å². The Morgan fingerprint density at radius 1 is 0.731 bits per heavy atom. The zero-order chi connectivity index (χ0) is 20.8. The lowest BCUT2D eigenvalue weighted by atomic mass is 10.4. The van der Waals surface area contributed by atoms with Crippen molar-refractivity contribution in [2.75, 3.05) is 53.4 Å². The summed E-state index contributed by atoms with van der Waals surface area (Å²) in [5.41, 5.74) is 0.718. The first-order valence-corrected chi connectivity index (χ1v) is 8.66. The topological polar surface area (TPSA) is 80.3 Å². The zero-order valence-electron chi connectivity index (χ0n) is 17.2.